The monoisotopic (exact) mass is 381 g/mol. The fourth-order valence-electron chi connectivity index (χ4n) is 2.90. The van der Waals surface area contributed by atoms with E-state index >= 15 is 0 Å². The van der Waals surface area contributed by atoms with Crippen LogP contribution in [-0.2, 0) is 6.54 Å². The van der Waals surface area contributed by atoms with E-state index < -0.39 is 17.5 Å². The molecular weight excluding hydrogens is 367 g/mol. The molecule has 0 fully saturated rings. The average molecular weight is 381 g/mol. The number of benzene rings is 3. The summed E-state index contributed by atoms with van der Waals surface area (Å²) >= 11 is 0. The summed E-state index contributed by atoms with van der Waals surface area (Å²) in [5.74, 6) is -1.57. The van der Waals surface area contributed by atoms with Crippen LogP contribution in [0, 0.1) is 17.5 Å². The highest BCUT2D eigenvalue weighted by Gasteiger charge is 2.13. The SMILES string of the molecule is O=c1c2ccccc2nc(-c2ccc(F)cc2)n1NCc1ccc(F)cc1F. The first kappa shape index (κ1) is 17.8. The molecule has 0 aliphatic carbocycles. The van der Waals surface area contributed by atoms with Gasteiger partial charge in [0.25, 0.3) is 5.56 Å². The van der Waals surface area contributed by atoms with Crippen molar-refractivity contribution in [1.82, 2.24) is 9.66 Å². The van der Waals surface area contributed by atoms with Crippen molar-refractivity contribution in [3.63, 3.8) is 0 Å². The zero-order valence-electron chi connectivity index (χ0n) is 14.5. The zero-order valence-corrected chi connectivity index (χ0v) is 14.5. The molecule has 1 N–H and O–H groups in total. The largest absolute Gasteiger partial charge is 0.317 e. The van der Waals surface area contributed by atoms with Crippen LogP contribution in [-0.4, -0.2) is 9.66 Å². The lowest BCUT2D eigenvalue weighted by Gasteiger charge is -2.16. The van der Waals surface area contributed by atoms with Crippen LogP contribution in [0.5, 0.6) is 0 Å². The third kappa shape index (κ3) is 3.34. The molecule has 4 aromatic rings. The summed E-state index contributed by atoms with van der Waals surface area (Å²) in [6.07, 6.45) is 0. The normalized spacial score (nSPS) is 11.0. The van der Waals surface area contributed by atoms with Crippen molar-refractivity contribution in [2.45, 2.75) is 6.54 Å². The van der Waals surface area contributed by atoms with Crippen molar-refractivity contribution in [3.05, 3.63) is 100 Å². The van der Waals surface area contributed by atoms with Crippen LogP contribution in [0.4, 0.5) is 13.2 Å². The van der Waals surface area contributed by atoms with E-state index in [1.165, 1.54) is 35.0 Å². The van der Waals surface area contributed by atoms with Gasteiger partial charge in [-0.15, -0.1) is 0 Å². The third-order valence-corrected chi connectivity index (χ3v) is 4.32. The molecule has 0 atom stereocenters. The van der Waals surface area contributed by atoms with Crippen molar-refractivity contribution in [1.29, 1.82) is 0 Å². The van der Waals surface area contributed by atoms with Crippen LogP contribution in [0.1, 0.15) is 5.56 Å². The number of nitrogens with one attached hydrogen (secondary N) is 1. The lowest BCUT2D eigenvalue weighted by molar-refractivity contribution is 0.571. The Morgan fingerprint density at radius 2 is 1.61 bits per heavy atom. The molecule has 3 aromatic carbocycles. The number of hydrogen-bond acceptors (Lipinski definition) is 3. The highest BCUT2D eigenvalue weighted by atomic mass is 19.1. The minimum absolute atomic E-state index is 0.0692. The van der Waals surface area contributed by atoms with Gasteiger partial charge in [0.15, 0.2) is 5.82 Å². The van der Waals surface area contributed by atoms with Gasteiger partial charge < -0.3 is 5.43 Å². The molecule has 28 heavy (non-hydrogen) atoms. The highest BCUT2D eigenvalue weighted by Crippen LogP contribution is 2.19. The Labute approximate surface area is 157 Å². The van der Waals surface area contributed by atoms with Crippen molar-refractivity contribution >= 4 is 10.9 Å². The van der Waals surface area contributed by atoms with Gasteiger partial charge in [-0.1, -0.05) is 18.2 Å². The van der Waals surface area contributed by atoms with Gasteiger partial charge in [-0.25, -0.2) is 22.8 Å². The Kier molecular flexibility index (Phi) is 4.57. The molecule has 0 spiro atoms. The summed E-state index contributed by atoms with van der Waals surface area (Å²) < 4.78 is 41.6. The smallest absolute Gasteiger partial charge is 0.280 e. The fourth-order valence-corrected chi connectivity index (χ4v) is 2.90. The van der Waals surface area contributed by atoms with E-state index in [-0.39, 0.29) is 23.5 Å². The van der Waals surface area contributed by atoms with Gasteiger partial charge in [-0.05, 0) is 42.5 Å². The topological polar surface area (TPSA) is 46.9 Å². The van der Waals surface area contributed by atoms with E-state index in [2.05, 4.69) is 10.4 Å². The van der Waals surface area contributed by atoms with Crippen molar-refractivity contribution in [3.8, 4) is 11.4 Å². The first-order chi connectivity index (χ1) is 13.5. The number of rotatable bonds is 4. The molecule has 0 saturated carbocycles. The predicted molar refractivity (Wildman–Crippen MR) is 101 cm³/mol. The molecule has 0 radical (unpaired) electrons. The third-order valence-electron chi connectivity index (χ3n) is 4.32. The standard InChI is InChI=1S/C21H14F3N3O/c22-15-8-5-13(6-9-15)20-26-19-4-2-1-3-17(19)21(28)27(20)25-12-14-7-10-16(23)11-18(14)24/h1-11,25H,12H2. The van der Waals surface area contributed by atoms with E-state index in [4.69, 9.17) is 0 Å². The maximum Gasteiger partial charge on any atom is 0.280 e. The molecule has 0 aliphatic heterocycles. The Bertz CT molecular complexity index is 1220. The van der Waals surface area contributed by atoms with Crippen molar-refractivity contribution < 1.29 is 13.2 Å². The molecule has 7 heteroatoms. The average Bonchev–Trinajstić information content (AvgIpc) is 2.69. The van der Waals surface area contributed by atoms with E-state index in [1.807, 2.05) is 0 Å². The number of fused-ring (bicyclic) bond motifs is 1. The maximum absolute atomic E-state index is 13.9. The van der Waals surface area contributed by atoms with Gasteiger partial charge in [-0.2, -0.15) is 0 Å². The van der Waals surface area contributed by atoms with E-state index in [9.17, 15) is 18.0 Å². The quantitative estimate of drug-likeness (QED) is 0.576. The first-order valence-electron chi connectivity index (χ1n) is 8.48. The van der Waals surface area contributed by atoms with Gasteiger partial charge in [0, 0.05) is 17.2 Å². The van der Waals surface area contributed by atoms with Crippen molar-refractivity contribution in [2.24, 2.45) is 0 Å². The van der Waals surface area contributed by atoms with Crippen LogP contribution < -0.4 is 11.0 Å². The summed E-state index contributed by atoms with van der Waals surface area (Å²) in [5, 5.41) is 0.375. The van der Waals surface area contributed by atoms with Crippen LogP contribution in [0.15, 0.2) is 71.5 Å². The number of para-hydroxylation sites is 1. The van der Waals surface area contributed by atoms with Gasteiger partial charge in [-0.3, -0.25) is 4.79 Å². The van der Waals surface area contributed by atoms with Crippen LogP contribution in [0.25, 0.3) is 22.3 Å². The summed E-state index contributed by atoms with van der Waals surface area (Å²) in [5.41, 5.74) is 3.65. The van der Waals surface area contributed by atoms with E-state index in [0.717, 1.165) is 12.1 Å². The minimum Gasteiger partial charge on any atom is -0.317 e. The second-order valence-electron chi connectivity index (χ2n) is 6.17. The number of hydrogen-bond donors (Lipinski definition) is 1. The van der Waals surface area contributed by atoms with Crippen LogP contribution in [0.2, 0.25) is 0 Å². The lowest BCUT2D eigenvalue weighted by atomic mass is 10.2. The molecule has 0 saturated heterocycles. The number of aromatic nitrogens is 2. The van der Waals surface area contributed by atoms with E-state index in [0.29, 0.717) is 16.5 Å². The van der Waals surface area contributed by atoms with Gasteiger partial charge >= 0.3 is 0 Å². The van der Waals surface area contributed by atoms with Gasteiger partial charge in [0.2, 0.25) is 0 Å². The fraction of sp³-hybridized carbons (Fsp3) is 0.0476. The lowest BCUT2D eigenvalue weighted by Crippen LogP contribution is -2.31. The Morgan fingerprint density at radius 3 is 2.36 bits per heavy atom. The summed E-state index contributed by atoms with van der Waals surface area (Å²) in [4.78, 5) is 17.5. The Balaban J connectivity index is 1.82. The van der Waals surface area contributed by atoms with Gasteiger partial charge in [0.05, 0.1) is 17.4 Å². The second-order valence-corrected chi connectivity index (χ2v) is 6.17. The maximum atomic E-state index is 13.9. The molecule has 0 unspecified atom stereocenters. The summed E-state index contributed by atoms with van der Waals surface area (Å²) in [6.45, 7) is -0.0692. The second kappa shape index (κ2) is 7.19. The molecular formula is C21H14F3N3O. The highest BCUT2D eigenvalue weighted by molar-refractivity contribution is 5.79. The van der Waals surface area contributed by atoms with Crippen molar-refractivity contribution in [2.75, 3.05) is 5.43 Å². The molecule has 4 rings (SSSR count). The minimum atomic E-state index is -0.724. The Morgan fingerprint density at radius 1 is 0.893 bits per heavy atom. The van der Waals surface area contributed by atoms with Crippen LogP contribution in [0.3, 0.4) is 0 Å². The molecule has 140 valence electrons. The van der Waals surface area contributed by atoms with Gasteiger partial charge in [0.1, 0.15) is 17.5 Å². The number of nitrogens with zero attached hydrogens (tertiary/aromatic N) is 2. The molecule has 1 heterocycles. The zero-order chi connectivity index (χ0) is 19.7. The first-order valence-corrected chi connectivity index (χ1v) is 8.48. The molecule has 0 bridgehead atoms. The molecule has 0 aliphatic rings. The predicted octanol–water partition coefficient (Wildman–Crippen LogP) is 4.22. The summed E-state index contributed by atoms with van der Waals surface area (Å²) in [6, 6.07) is 15.6. The molecule has 4 nitrogen and oxygen atoms in total. The number of halogens is 3. The summed E-state index contributed by atoms with van der Waals surface area (Å²) in [7, 11) is 0. The Hall–Kier alpha value is -3.61. The van der Waals surface area contributed by atoms with Crippen LogP contribution >= 0.6 is 0 Å². The molecule has 0 amide bonds. The molecule has 1 aromatic heterocycles. The van der Waals surface area contributed by atoms with E-state index in [1.54, 1.807) is 24.3 Å².